The van der Waals surface area contributed by atoms with E-state index in [2.05, 4.69) is 10.4 Å². The van der Waals surface area contributed by atoms with Gasteiger partial charge in [0.05, 0.1) is 10.7 Å². The number of hydrogen-bond acceptors (Lipinski definition) is 5. The molecule has 0 aliphatic rings. The molecule has 2 aromatic heterocycles. The number of benzene rings is 1. The third-order valence-corrected chi connectivity index (χ3v) is 4.54. The van der Waals surface area contributed by atoms with Gasteiger partial charge in [0.1, 0.15) is 23.1 Å². The molecule has 2 heterocycles. The molecule has 10 heteroatoms. The van der Waals surface area contributed by atoms with Gasteiger partial charge in [-0.1, -0.05) is 29.3 Å². The van der Waals surface area contributed by atoms with Gasteiger partial charge in [0.2, 0.25) is 0 Å². The number of aromatic nitrogens is 2. The Morgan fingerprint density at radius 2 is 2.07 bits per heavy atom. The van der Waals surface area contributed by atoms with Crippen molar-refractivity contribution in [3.63, 3.8) is 0 Å². The van der Waals surface area contributed by atoms with Gasteiger partial charge in [0.15, 0.2) is 11.5 Å². The first-order chi connectivity index (χ1) is 13.4. The Morgan fingerprint density at radius 3 is 2.79 bits per heavy atom. The quantitative estimate of drug-likeness (QED) is 0.601. The van der Waals surface area contributed by atoms with E-state index in [0.29, 0.717) is 28.1 Å². The average Bonchev–Trinajstić information content (AvgIpc) is 3.30. The highest BCUT2D eigenvalue weighted by molar-refractivity contribution is 6.42. The first-order valence-electron chi connectivity index (χ1n) is 8.23. The number of nitrogens with zero attached hydrogens (tertiary/aromatic N) is 2. The molecule has 28 heavy (non-hydrogen) atoms. The summed E-state index contributed by atoms with van der Waals surface area (Å²) in [7, 11) is 0. The van der Waals surface area contributed by atoms with Crippen LogP contribution in [0.4, 0.5) is 5.69 Å². The van der Waals surface area contributed by atoms with Crippen LogP contribution in [0, 0.1) is 0 Å². The summed E-state index contributed by atoms with van der Waals surface area (Å²) in [5.74, 6) is -0.453. The van der Waals surface area contributed by atoms with Crippen molar-refractivity contribution >= 4 is 40.7 Å². The third kappa shape index (κ3) is 4.29. The zero-order valence-electron chi connectivity index (χ0n) is 14.7. The molecule has 1 aromatic carbocycles. The van der Waals surface area contributed by atoms with Crippen LogP contribution in [0.15, 0.2) is 40.9 Å². The minimum Gasteiger partial charge on any atom is -0.484 e. The van der Waals surface area contributed by atoms with Crippen LogP contribution >= 0.6 is 23.2 Å². The van der Waals surface area contributed by atoms with Gasteiger partial charge in [-0.15, -0.1) is 0 Å². The Hall–Kier alpha value is -2.97. The molecule has 2 amide bonds. The Labute approximate surface area is 170 Å². The lowest BCUT2D eigenvalue weighted by molar-refractivity contribution is 0.0992. The number of halogens is 2. The van der Waals surface area contributed by atoms with E-state index in [1.165, 1.54) is 16.9 Å². The van der Waals surface area contributed by atoms with Crippen molar-refractivity contribution in [3.8, 4) is 5.75 Å². The maximum Gasteiger partial charge on any atom is 0.291 e. The minimum atomic E-state index is -0.741. The van der Waals surface area contributed by atoms with Crippen LogP contribution in [-0.4, -0.2) is 21.6 Å². The number of aryl methyl sites for hydroxylation is 1. The zero-order chi connectivity index (χ0) is 20.3. The van der Waals surface area contributed by atoms with Gasteiger partial charge in [0.25, 0.3) is 11.8 Å². The van der Waals surface area contributed by atoms with Crippen molar-refractivity contribution in [2.75, 3.05) is 5.32 Å². The molecule has 0 aliphatic heterocycles. The molecule has 0 saturated carbocycles. The van der Waals surface area contributed by atoms with Gasteiger partial charge >= 0.3 is 0 Å². The second-order valence-electron chi connectivity index (χ2n) is 5.67. The number of furan rings is 1. The molecule has 0 aliphatic carbocycles. The molecule has 3 N–H and O–H groups in total. The molecule has 0 bridgehead atoms. The van der Waals surface area contributed by atoms with E-state index in [4.69, 9.17) is 38.1 Å². The number of rotatable bonds is 7. The minimum absolute atomic E-state index is 0.0269. The summed E-state index contributed by atoms with van der Waals surface area (Å²) in [5, 5.41) is 7.25. The Balaban J connectivity index is 1.68. The summed E-state index contributed by atoms with van der Waals surface area (Å²) < 4.78 is 12.5. The van der Waals surface area contributed by atoms with Crippen molar-refractivity contribution in [2.24, 2.45) is 5.73 Å². The molecule has 0 unspecified atom stereocenters. The van der Waals surface area contributed by atoms with Crippen molar-refractivity contribution in [3.05, 3.63) is 63.8 Å². The highest BCUT2D eigenvalue weighted by Crippen LogP contribution is 2.32. The maximum atomic E-state index is 12.4. The molecule has 0 atom stereocenters. The van der Waals surface area contributed by atoms with E-state index in [-0.39, 0.29) is 23.7 Å². The van der Waals surface area contributed by atoms with Crippen LogP contribution in [0.5, 0.6) is 5.75 Å². The van der Waals surface area contributed by atoms with E-state index in [9.17, 15) is 9.59 Å². The number of amides is 2. The number of nitrogens with one attached hydrogen (secondary N) is 1. The number of ether oxygens (including phenoxy) is 1. The van der Waals surface area contributed by atoms with Gasteiger partial charge < -0.3 is 20.2 Å². The first-order valence-corrected chi connectivity index (χ1v) is 8.98. The van der Waals surface area contributed by atoms with E-state index < -0.39 is 11.8 Å². The fourth-order valence-electron chi connectivity index (χ4n) is 2.36. The lowest BCUT2D eigenvalue weighted by Gasteiger charge is -2.07. The van der Waals surface area contributed by atoms with Crippen LogP contribution in [0.3, 0.4) is 0 Å². The zero-order valence-corrected chi connectivity index (χ0v) is 16.3. The Bertz CT molecular complexity index is 1030. The van der Waals surface area contributed by atoms with Crippen molar-refractivity contribution in [1.29, 1.82) is 0 Å². The van der Waals surface area contributed by atoms with Gasteiger partial charge in [-0.05, 0) is 31.2 Å². The molecular formula is C18H16Cl2N4O4. The summed E-state index contributed by atoms with van der Waals surface area (Å²) in [5.41, 5.74) is 5.47. The van der Waals surface area contributed by atoms with Crippen LogP contribution in [0.2, 0.25) is 10.0 Å². The lowest BCUT2D eigenvalue weighted by atomic mass is 10.3. The van der Waals surface area contributed by atoms with Gasteiger partial charge in [-0.2, -0.15) is 5.10 Å². The van der Waals surface area contributed by atoms with E-state index in [1.807, 2.05) is 6.92 Å². The largest absolute Gasteiger partial charge is 0.484 e. The first kappa shape index (κ1) is 19.8. The number of carbonyl (C=O) groups excluding carboxylic acids is 2. The lowest BCUT2D eigenvalue weighted by Crippen LogP contribution is -2.17. The summed E-state index contributed by atoms with van der Waals surface area (Å²) in [6, 6.07) is 8.10. The Kier molecular flexibility index (Phi) is 5.91. The Morgan fingerprint density at radius 1 is 1.29 bits per heavy atom. The molecule has 8 nitrogen and oxygen atoms in total. The fourth-order valence-corrected chi connectivity index (χ4v) is 2.71. The van der Waals surface area contributed by atoms with Crippen LogP contribution < -0.4 is 15.8 Å². The molecule has 3 rings (SSSR count). The van der Waals surface area contributed by atoms with E-state index in [0.717, 1.165) is 0 Å². The topological polar surface area (TPSA) is 112 Å². The normalized spacial score (nSPS) is 10.7. The summed E-state index contributed by atoms with van der Waals surface area (Å²) >= 11 is 12.0. The molecule has 146 valence electrons. The van der Waals surface area contributed by atoms with Gasteiger partial charge in [-0.25, -0.2) is 0 Å². The fraction of sp³-hybridized carbons (Fsp3) is 0.167. The van der Waals surface area contributed by atoms with Crippen LogP contribution in [0.1, 0.15) is 33.7 Å². The average molecular weight is 423 g/mol. The van der Waals surface area contributed by atoms with E-state index in [1.54, 1.807) is 24.3 Å². The second kappa shape index (κ2) is 8.37. The molecule has 0 saturated heterocycles. The van der Waals surface area contributed by atoms with Crippen molar-refractivity contribution < 1.29 is 18.7 Å². The maximum absolute atomic E-state index is 12.4. The second-order valence-corrected chi connectivity index (χ2v) is 6.46. The molecular weight excluding hydrogens is 407 g/mol. The van der Waals surface area contributed by atoms with E-state index >= 15 is 0 Å². The number of carbonyl (C=O) groups is 2. The SMILES string of the molecule is CCn1cc(NC(=O)c2ccc(COc3cccc(Cl)c3Cl)o2)c(C(N)=O)n1. The monoisotopic (exact) mass is 422 g/mol. The number of anilines is 1. The van der Waals surface area contributed by atoms with Crippen LogP contribution in [0.25, 0.3) is 0 Å². The molecule has 0 fully saturated rings. The summed E-state index contributed by atoms with van der Waals surface area (Å²) in [4.78, 5) is 23.9. The predicted molar refractivity (Wildman–Crippen MR) is 104 cm³/mol. The highest BCUT2D eigenvalue weighted by Gasteiger charge is 2.19. The summed E-state index contributed by atoms with van der Waals surface area (Å²) in [6.07, 6.45) is 1.52. The predicted octanol–water partition coefficient (Wildman–Crippen LogP) is 3.73. The number of primary amides is 1. The molecule has 0 spiro atoms. The smallest absolute Gasteiger partial charge is 0.291 e. The van der Waals surface area contributed by atoms with Crippen molar-refractivity contribution in [1.82, 2.24) is 9.78 Å². The van der Waals surface area contributed by atoms with Gasteiger partial charge in [-0.3, -0.25) is 14.3 Å². The highest BCUT2D eigenvalue weighted by atomic mass is 35.5. The number of hydrogen-bond donors (Lipinski definition) is 2. The third-order valence-electron chi connectivity index (χ3n) is 3.74. The standard InChI is InChI=1S/C18H16Cl2N4O4/c1-2-24-8-12(16(23-24)17(21)25)22-18(26)14-7-6-10(28-14)9-27-13-5-3-4-11(19)15(13)20/h3-8H,2,9H2,1H3,(H2,21,25)(H,22,26). The van der Waals surface area contributed by atoms with Crippen molar-refractivity contribution in [2.45, 2.75) is 20.1 Å². The van der Waals surface area contributed by atoms with Crippen LogP contribution in [-0.2, 0) is 13.2 Å². The van der Waals surface area contributed by atoms with Gasteiger partial charge in [0, 0.05) is 12.7 Å². The summed E-state index contributed by atoms with van der Waals surface area (Å²) in [6.45, 7) is 2.41. The number of nitrogens with two attached hydrogens (primary N) is 1. The molecule has 0 radical (unpaired) electrons. The molecule has 3 aromatic rings.